The molecule has 0 aliphatic rings. The third-order valence-electron chi connectivity index (χ3n) is 3.30. The van der Waals surface area contributed by atoms with Gasteiger partial charge in [0.15, 0.2) is 0 Å². The van der Waals surface area contributed by atoms with Crippen molar-refractivity contribution in [3.8, 4) is 0 Å². The maximum Gasteiger partial charge on any atom is 0.0696 e. The van der Waals surface area contributed by atoms with Crippen LogP contribution in [0.1, 0.15) is 38.4 Å². The molecule has 1 rings (SSSR count). The molecule has 110 valence electrons. The molecule has 0 saturated heterocycles. The molecule has 1 heterocycles. The van der Waals surface area contributed by atoms with E-state index in [1.807, 2.05) is 13.2 Å². The van der Waals surface area contributed by atoms with Crippen molar-refractivity contribution in [3.63, 3.8) is 0 Å². The van der Waals surface area contributed by atoms with Gasteiger partial charge in [-0.05, 0) is 55.8 Å². The average molecular weight is 331 g/mol. The van der Waals surface area contributed by atoms with Crippen molar-refractivity contribution in [1.29, 1.82) is 0 Å². The van der Waals surface area contributed by atoms with Gasteiger partial charge in [0.05, 0.1) is 29.0 Å². The lowest BCUT2D eigenvalue weighted by Crippen LogP contribution is -2.25. The van der Waals surface area contributed by atoms with Crippen LogP contribution in [-0.2, 0) is 6.54 Å². The highest BCUT2D eigenvalue weighted by atomic mass is 79.9. The molecule has 5 heteroatoms. The van der Waals surface area contributed by atoms with Crippen LogP contribution in [0, 0.1) is 5.92 Å². The molecule has 1 atom stereocenters. The lowest BCUT2D eigenvalue weighted by atomic mass is 10.0. The summed E-state index contributed by atoms with van der Waals surface area (Å²) in [7, 11) is 6.21. The standard InChI is InChI=1S/C14H27BrN4/c1-11(2)6-7-13(16-3)14-12(15)10-17-19(14)9-8-18(4)5/h10-11,13,16H,6-9H2,1-5H3. The summed E-state index contributed by atoms with van der Waals surface area (Å²) in [6, 6.07) is 0.362. The Morgan fingerprint density at radius 2 is 2.05 bits per heavy atom. The molecule has 1 aromatic rings. The van der Waals surface area contributed by atoms with Crippen molar-refractivity contribution < 1.29 is 0 Å². The van der Waals surface area contributed by atoms with E-state index in [-0.39, 0.29) is 0 Å². The summed E-state index contributed by atoms with van der Waals surface area (Å²) in [5.41, 5.74) is 1.27. The van der Waals surface area contributed by atoms with Crippen LogP contribution >= 0.6 is 15.9 Å². The minimum Gasteiger partial charge on any atom is -0.312 e. The van der Waals surface area contributed by atoms with Gasteiger partial charge in [-0.1, -0.05) is 13.8 Å². The first-order valence-corrected chi connectivity index (χ1v) is 7.78. The average Bonchev–Trinajstić information content (AvgIpc) is 2.69. The van der Waals surface area contributed by atoms with Crippen LogP contribution in [0.15, 0.2) is 10.7 Å². The van der Waals surface area contributed by atoms with Gasteiger partial charge in [0, 0.05) is 6.54 Å². The van der Waals surface area contributed by atoms with Crippen LogP contribution in [0.25, 0.3) is 0 Å². The Hall–Kier alpha value is -0.390. The van der Waals surface area contributed by atoms with E-state index in [1.54, 1.807) is 0 Å². The van der Waals surface area contributed by atoms with E-state index < -0.39 is 0 Å². The molecule has 0 amide bonds. The molecule has 0 spiro atoms. The summed E-state index contributed by atoms with van der Waals surface area (Å²) in [6.07, 6.45) is 4.27. The molecule has 0 aliphatic heterocycles. The zero-order valence-corrected chi connectivity index (χ0v) is 14.4. The van der Waals surface area contributed by atoms with Crippen LogP contribution < -0.4 is 5.32 Å². The molecular formula is C14H27BrN4. The molecule has 0 bridgehead atoms. The summed E-state index contributed by atoms with van der Waals surface area (Å²) in [4.78, 5) is 2.18. The van der Waals surface area contributed by atoms with Gasteiger partial charge < -0.3 is 10.2 Å². The minimum atomic E-state index is 0.362. The van der Waals surface area contributed by atoms with E-state index in [9.17, 15) is 0 Å². The van der Waals surface area contributed by atoms with E-state index in [2.05, 4.69) is 63.9 Å². The molecule has 1 N–H and O–H groups in total. The fourth-order valence-electron chi connectivity index (χ4n) is 2.11. The highest BCUT2D eigenvalue weighted by Gasteiger charge is 2.18. The predicted molar refractivity (Wildman–Crippen MR) is 84.4 cm³/mol. The Kier molecular flexibility index (Phi) is 7.04. The zero-order valence-electron chi connectivity index (χ0n) is 12.8. The van der Waals surface area contributed by atoms with E-state index >= 15 is 0 Å². The van der Waals surface area contributed by atoms with Crippen LogP contribution in [0.3, 0.4) is 0 Å². The largest absolute Gasteiger partial charge is 0.312 e. The molecule has 0 radical (unpaired) electrons. The monoisotopic (exact) mass is 330 g/mol. The predicted octanol–water partition coefficient (Wildman–Crippen LogP) is 2.90. The third kappa shape index (κ3) is 5.24. The number of likely N-dealkylation sites (N-methyl/N-ethyl adjacent to an activating group) is 1. The van der Waals surface area contributed by atoms with Gasteiger partial charge in [0.2, 0.25) is 0 Å². The lowest BCUT2D eigenvalue weighted by Gasteiger charge is -2.20. The van der Waals surface area contributed by atoms with Gasteiger partial charge in [-0.2, -0.15) is 5.10 Å². The van der Waals surface area contributed by atoms with Crippen LogP contribution in [-0.4, -0.2) is 42.4 Å². The smallest absolute Gasteiger partial charge is 0.0696 e. The topological polar surface area (TPSA) is 33.1 Å². The number of nitrogens with one attached hydrogen (secondary N) is 1. The SMILES string of the molecule is CNC(CCC(C)C)c1c(Br)cnn1CCN(C)C. The van der Waals surface area contributed by atoms with Crippen molar-refractivity contribution in [2.45, 2.75) is 39.3 Å². The van der Waals surface area contributed by atoms with E-state index in [0.717, 1.165) is 29.9 Å². The molecule has 0 aromatic carbocycles. The summed E-state index contributed by atoms with van der Waals surface area (Å²) >= 11 is 3.64. The first kappa shape index (κ1) is 16.7. The summed E-state index contributed by atoms with van der Waals surface area (Å²) in [5.74, 6) is 0.729. The highest BCUT2D eigenvalue weighted by molar-refractivity contribution is 9.10. The van der Waals surface area contributed by atoms with Gasteiger partial charge in [-0.3, -0.25) is 4.68 Å². The second-order valence-corrected chi connectivity index (χ2v) is 6.57. The fourth-order valence-corrected chi connectivity index (χ4v) is 2.68. The Bertz CT molecular complexity index is 374. The van der Waals surface area contributed by atoms with Crippen LogP contribution in [0.5, 0.6) is 0 Å². The lowest BCUT2D eigenvalue weighted by molar-refractivity contribution is 0.358. The third-order valence-corrected chi connectivity index (χ3v) is 3.91. The summed E-state index contributed by atoms with van der Waals surface area (Å²) < 4.78 is 3.22. The maximum atomic E-state index is 4.49. The quantitative estimate of drug-likeness (QED) is 0.795. The van der Waals surface area contributed by atoms with Gasteiger partial charge >= 0.3 is 0 Å². The van der Waals surface area contributed by atoms with Crippen molar-refractivity contribution in [2.75, 3.05) is 27.7 Å². The number of rotatable bonds is 8. The molecule has 0 fully saturated rings. The van der Waals surface area contributed by atoms with Crippen molar-refractivity contribution >= 4 is 15.9 Å². The van der Waals surface area contributed by atoms with Gasteiger partial charge in [-0.15, -0.1) is 0 Å². The van der Waals surface area contributed by atoms with Gasteiger partial charge in [0.25, 0.3) is 0 Å². The number of hydrogen-bond acceptors (Lipinski definition) is 3. The molecule has 0 saturated carbocycles. The highest BCUT2D eigenvalue weighted by Crippen LogP contribution is 2.27. The fraction of sp³-hybridized carbons (Fsp3) is 0.786. The number of halogens is 1. The maximum absolute atomic E-state index is 4.49. The van der Waals surface area contributed by atoms with E-state index in [4.69, 9.17) is 0 Å². The van der Waals surface area contributed by atoms with Crippen molar-refractivity contribution in [2.24, 2.45) is 5.92 Å². The Morgan fingerprint density at radius 3 is 2.58 bits per heavy atom. The first-order chi connectivity index (χ1) is 8.95. The van der Waals surface area contributed by atoms with Crippen molar-refractivity contribution in [3.05, 3.63) is 16.4 Å². The van der Waals surface area contributed by atoms with Crippen LogP contribution in [0.2, 0.25) is 0 Å². The van der Waals surface area contributed by atoms with Crippen molar-refractivity contribution in [1.82, 2.24) is 20.0 Å². The minimum absolute atomic E-state index is 0.362. The normalized spacial score (nSPS) is 13.5. The van der Waals surface area contributed by atoms with Crippen LogP contribution in [0.4, 0.5) is 0 Å². The summed E-state index contributed by atoms with van der Waals surface area (Å²) in [5, 5.41) is 7.91. The number of nitrogens with zero attached hydrogens (tertiary/aromatic N) is 3. The molecular weight excluding hydrogens is 304 g/mol. The molecule has 1 aromatic heterocycles. The number of hydrogen-bond donors (Lipinski definition) is 1. The zero-order chi connectivity index (χ0) is 14.4. The van der Waals surface area contributed by atoms with Gasteiger partial charge in [0.1, 0.15) is 0 Å². The first-order valence-electron chi connectivity index (χ1n) is 6.98. The Labute approximate surface area is 125 Å². The second kappa shape index (κ2) is 8.02. The number of aromatic nitrogens is 2. The van der Waals surface area contributed by atoms with E-state index in [1.165, 1.54) is 12.1 Å². The van der Waals surface area contributed by atoms with Gasteiger partial charge in [-0.25, -0.2) is 0 Å². The molecule has 19 heavy (non-hydrogen) atoms. The Morgan fingerprint density at radius 1 is 1.37 bits per heavy atom. The van der Waals surface area contributed by atoms with E-state index in [0.29, 0.717) is 6.04 Å². The Balaban J connectivity index is 2.80. The summed E-state index contributed by atoms with van der Waals surface area (Å²) in [6.45, 7) is 6.46. The molecule has 1 unspecified atom stereocenters. The molecule has 0 aliphatic carbocycles. The molecule has 4 nitrogen and oxygen atoms in total. The second-order valence-electron chi connectivity index (χ2n) is 5.72.